The summed E-state index contributed by atoms with van der Waals surface area (Å²) < 4.78 is 12.8. The van der Waals surface area contributed by atoms with Crippen LogP contribution in [0.1, 0.15) is 35.4 Å². The lowest BCUT2D eigenvalue weighted by molar-refractivity contribution is 0.102. The number of para-hydroxylation sites is 1. The van der Waals surface area contributed by atoms with Gasteiger partial charge in [0.05, 0.1) is 6.10 Å². The van der Waals surface area contributed by atoms with Gasteiger partial charge in [-0.3, -0.25) is 4.79 Å². The average molecular weight is 273 g/mol. The van der Waals surface area contributed by atoms with Gasteiger partial charge in [-0.15, -0.1) is 0 Å². The van der Waals surface area contributed by atoms with Crippen molar-refractivity contribution in [2.75, 3.05) is 5.32 Å². The second-order valence-electron chi connectivity index (χ2n) is 4.47. The summed E-state index contributed by atoms with van der Waals surface area (Å²) in [6, 6.07) is 12.4. The highest BCUT2D eigenvalue weighted by molar-refractivity contribution is 6.04. The fraction of sp³-hybridized carbons (Fsp3) is 0.188. The fourth-order valence-corrected chi connectivity index (χ4v) is 1.92. The minimum atomic E-state index is -0.625. The molecule has 1 amide bonds. The van der Waals surface area contributed by atoms with Gasteiger partial charge in [0.1, 0.15) is 5.82 Å². The average Bonchev–Trinajstić information content (AvgIpc) is 2.47. The van der Waals surface area contributed by atoms with Crippen molar-refractivity contribution in [3.8, 4) is 0 Å². The number of hydrogen-bond acceptors (Lipinski definition) is 2. The summed E-state index contributed by atoms with van der Waals surface area (Å²) >= 11 is 0. The third-order valence-corrected chi connectivity index (χ3v) is 3.06. The number of benzene rings is 2. The molecule has 0 aliphatic carbocycles. The van der Waals surface area contributed by atoms with Crippen LogP contribution in [0.2, 0.25) is 0 Å². The number of amides is 1. The molecule has 0 bridgehead atoms. The van der Waals surface area contributed by atoms with Crippen molar-refractivity contribution >= 4 is 11.6 Å². The van der Waals surface area contributed by atoms with E-state index >= 15 is 0 Å². The quantitative estimate of drug-likeness (QED) is 0.895. The Morgan fingerprint density at radius 2 is 1.85 bits per heavy atom. The molecular weight excluding hydrogens is 257 g/mol. The molecule has 2 rings (SSSR count). The lowest BCUT2D eigenvalue weighted by Crippen LogP contribution is -2.14. The third kappa shape index (κ3) is 3.22. The molecule has 0 aromatic heterocycles. The SMILES string of the molecule is CC[C@@H](O)c1ccccc1NC(=O)c1ccc(F)cc1. The first-order chi connectivity index (χ1) is 9.61. The van der Waals surface area contributed by atoms with Crippen LogP contribution in [0.3, 0.4) is 0 Å². The van der Waals surface area contributed by atoms with Crippen molar-refractivity contribution in [2.45, 2.75) is 19.4 Å². The van der Waals surface area contributed by atoms with Crippen LogP contribution in [0.4, 0.5) is 10.1 Å². The molecule has 0 spiro atoms. The van der Waals surface area contributed by atoms with E-state index in [1.165, 1.54) is 24.3 Å². The first-order valence-corrected chi connectivity index (χ1v) is 6.45. The Morgan fingerprint density at radius 1 is 1.20 bits per heavy atom. The van der Waals surface area contributed by atoms with Crippen LogP contribution < -0.4 is 5.32 Å². The molecule has 3 nitrogen and oxygen atoms in total. The van der Waals surface area contributed by atoms with E-state index in [0.717, 1.165) is 0 Å². The first-order valence-electron chi connectivity index (χ1n) is 6.45. The fourth-order valence-electron chi connectivity index (χ4n) is 1.92. The topological polar surface area (TPSA) is 49.3 Å². The monoisotopic (exact) mass is 273 g/mol. The Kier molecular flexibility index (Phi) is 4.48. The molecule has 2 aromatic carbocycles. The molecule has 104 valence electrons. The molecule has 20 heavy (non-hydrogen) atoms. The molecule has 0 unspecified atom stereocenters. The predicted octanol–water partition coefficient (Wildman–Crippen LogP) is 3.52. The molecule has 0 radical (unpaired) electrons. The number of rotatable bonds is 4. The van der Waals surface area contributed by atoms with Crippen LogP contribution in [0, 0.1) is 5.82 Å². The summed E-state index contributed by atoms with van der Waals surface area (Å²) in [4.78, 5) is 12.1. The number of aliphatic hydroxyl groups excluding tert-OH is 1. The van der Waals surface area contributed by atoms with E-state index in [1.54, 1.807) is 18.2 Å². The number of anilines is 1. The highest BCUT2D eigenvalue weighted by Gasteiger charge is 2.13. The van der Waals surface area contributed by atoms with E-state index in [2.05, 4.69) is 5.32 Å². The van der Waals surface area contributed by atoms with Crippen LogP contribution in [-0.2, 0) is 0 Å². The molecule has 0 saturated heterocycles. The molecule has 2 N–H and O–H groups in total. The Balaban J connectivity index is 2.21. The summed E-state index contributed by atoms with van der Waals surface area (Å²) in [5.74, 6) is -0.718. The Hall–Kier alpha value is -2.20. The third-order valence-electron chi connectivity index (χ3n) is 3.06. The lowest BCUT2D eigenvalue weighted by atomic mass is 10.0. The number of carbonyl (C=O) groups excluding carboxylic acids is 1. The maximum absolute atomic E-state index is 12.8. The molecule has 2 aromatic rings. The van der Waals surface area contributed by atoms with E-state index in [1.807, 2.05) is 13.0 Å². The van der Waals surface area contributed by atoms with E-state index in [4.69, 9.17) is 0 Å². The maximum Gasteiger partial charge on any atom is 0.255 e. The van der Waals surface area contributed by atoms with E-state index in [9.17, 15) is 14.3 Å². The van der Waals surface area contributed by atoms with Gasteiger partial charge in [-0.1, -0.05) is 25.1 Å². The maximum atomic E-state index is 12.8. The molecule has 0 fully saturated rings. The molecule has 0 aliphatic heterocycles. The summed E-state index contributed by atoms with van der Waals surface area (Å²) in [7, 11) is 0. The summed E-state index contributed by atoms with van der Waals surface area (Å²) in [6.45, 7) is 1.86. The van der Waals surface area contributed by atoms with Gasteiger partial charge in [0.2, 0.25) is 0 Å². The van der Waals surface area contributed by atoms with Gasteiger partial charge >= 0.3 is 0 Å². The van der Waals surface area contributed by atoms with Crippen LogP contribution >= 0.6 is 0 Å². The minimum absolute atomic E-state index is 0.333. The zero-order chi connectivity index (χ0) is 14.5. The van der Waals surface area contributed by atoms with Gasteiger partial charge in [0, 0.05) is 16.8 Å². The van der Waals surface area contributed by atoms with Gasteiger partial charge in [-0.05, 0) is 36.8 Å². The normalized spacial score (nSPS) is 11.9. The van der Waals surface area contributed by atoms with Crippen LogP contribution in [0.15, 0.2) is 48.5 Å². The summed E-state index contributed by atoms with van der Waals surface area (Å²) in [5, 5.41) is 12.7. The van der Waals surface area contributed by atoms with Crippen molar-refractivity contribution in [2.24, 2.45) is 0 Å². The smallest absolute Gasteiger partial charge is 0.255 e. The highest BCUT2D eigenvalue weighted by Crippen LogP contribution is 2.25. The zero-order valence-electron chi connectivity index (χ0n) is 11.1. The minimum Gasteiger partial charge on any atom is -0.388 e. The number of hydrogen-bond donors (Lipinski definition) is 2. The van der Waals surface area contributed by atoms with Gasteiger partial charge in [-0.2, -0.15) is 0 Å². The van der Waals surface area contributed by atoms with Crippen molar-refractivity contribution in [1.29, 1.82) is 0 Å². The van der Waals surface area contributed by atoms with Crippen molar-refractivity contribution in [3.63, 3.8) is 0 Å². The molecule has 0 heterocycles. The second-order valence-corrected chi connectivity index (χ2v) is 4.47. The first kappa shape index (κ1) is 14.2. The van der Waals surface area contributed by atoms with E-state index < -0.39 is 6.10 Å². The van der Waals surface area contributed by atoms with Crippen molar-refractivity contribution in [1.82, 2.24) is 0 Å². The van der Waals surface area contributed by atoms with Crippen molar-refractivity contribution in [3.05, 3.63) is 65.5 Å². The molecular formula is C16H16FNO2. The number of halogens is 1. The second kappa shape index (κ2) is 6.30. The molecule has 1 atom stereocenters. The number of nitrogens with one attached hydrogen (secondary N) is 1. The Bertz CT molecular complexity index is 596. The number of aliphatic hydroxyl groups is 1. The predicted molar refractivity (Wildman–Crippen MR) is 76.0 cm³/mol. The standard InChI is InChI=1S/C16H16FNO2/c1-2-15(19)13-5-3-4-6-14(13)18-16(20)11-7-9-12(17)10-8-11/h3-10,15,19H,2H2,1H3,(H,18,20)/t15-/m1/s1. The van der Waals surface area contributed by atoms with E-state index in [-0.39, 0.29) is 11.7 Å². The van der Waals surface area contributed by atoms with E-state index in [0.29, 0.717) is 23.2 Å². The van der Waals surface area contributed by atoms with Gasteiger partial charge in [0.25, 0.3) is 5.91 Å². The zero-order valence-corrected chi connectivity index (χ0v) is 11.1. The molecule has 0 saturated carbocycles. The molecule has 0 aliphatic rings. The lowest BCUT2D eigenvalue weighted by Gasteiger charge is -2.14. The Morgan fingerprint density at radius 3 is 2.50 bits per heavy atom. The van der Waals surface area contributed by atoms with Gasteiger partial charge in [-0.25, -0.2) is 4.39 Å². The number of carbonyl (C=O) groups is 1. The highest BCUT2D eigenvalue weighted by atomic mass is 19.1. The molecule has 4 heteroatoms. The summed E-state index contributed by atoms with van der Waals surface area (Å²) in [5.41, 5.74) is 1.61. The van der Waals surface area contributed by atoms with Crippen LogP contribution in [0.25, 0.3) is 0 Å². The summed E-state index contributed by atoms with van der Waals surface area (Å²) in [6.07, 6.45) is -0.0663. The van der Waals surface area contributed by atoms with Crippen LogP contribution in [0.5, 0.6) is 0 Å². The van der Waals surface area contributed by atoms with Gasteiger partial charge < -0.3 is 10.4 Å². The largest absolute Gasteiger partial charge is 0.388 e. The Labute approximate surface area is 117 Å². The van der Waals surface area contributed by atoms with Crippen molar-refractivity contribution < 1.29 is 14.3 Å². The van der Waals surface area contributed by atoms with Gasteiger partial charge in [0.15, 0.2) is 0 Å². The van der Waals surface area contributed by atoms with Crippen LogP contribution in [-0.4, -0.2) is 11.0 Å².